The van der Waals surface area contributed by atoms with Gasteiger partial charge in [-0.15, -0.1) is 6.58 Å². The summed E-state index contributed by atoms with van der Waals surface area (Å²) < 4.78 is 0. The van der Waals surface area contributed by atoms with Crippen LogP contribution in [0.25, 0.3) is 0 Å². The van der Waals surface area contributed by atoms with Gasteiger partial charge in [0.15, 0.2) is 0 Å². The van der Waals surface area contributed by atoms with E-state index in [9.17, 15) is 4.79 Å². The Balaban J connectivity index is 1.61. The van der Waals surface area contributed by atoms with Crippen LogP contribution in [0.3, 0.4) is 0 Å². The van der Waals surface area contributed by atoms with E-state index < -0.39 is 0 Å². The molecule has 1 saturated heterocycles. The minimum absolute atomic E-state index is 0.167. The molecule has 2 N–H and O–H groups in total. The van der Waals surface area contributed by atoms with Crippen molar-refractivity contribution >= 4 is 23.0 Å². The Hall–Kier alpha value is -2.82. The van der Waals surface area contributed by atoms with Gasteiger partial charge in [-0.05, 0) is 49.1 Å². The number of hydrogen-bond acceptors (Lipinski definition) is 4. The topological polar surface area (TPSA) is 57.3 Å². The van der Waals surface area contributed by atoms with E-state index in [1.54, 1.807) is 24.5 Å². The van der Waals surface area contributed by atoms with Crippen LogP contribution in [0.2, 0.25) is 0 Å². The quantitative estimate of drug-likeness (QED) is 0.768. The predicted molar refractivity (Wildman–Crippen MR) is 108 cm³/mol. The average molecular weight is 350 g/mol. The number of rotatable bonds is 6. The van der Waals surface area contributed by atoms with Gasteiger partial charge in [0, 0.05) is 43.4 Å². The maximum absolute atomic E-state index is 12.5. The van der Waals surface area contributed by atoms with Crippen molar-refractivity contribution in [2.45, 2.75) is 19.8 Å². The molecule has 0 aliphatic carbocycles. The lowest BCUT2D eigenvalue weighted by molar-refractivity contribution is 0.102. The molecule has 0 unspecified atom stereocenters. The zero-order valence-electron chi connectivity index (χ0n) is 15.2. The fourth-order valence-electron chi connectivity index (χ4n) is 3.08. The summed E-state index contributed by atoms with van der Waals surface area (Å²) in [5.41, 5.74) is 3.32. The van der Waals surface area contributed by atoms with Gasteiger partial charge < -0.3 is 15.5 Å². The lowest BCUT2D eigenvalue weighted by Gasteiger charge is -2.32. The highest BCUT2D eigenvalue weighted by atomic mass is 16.1. The Morgan fingerprint density at radius 1 is 1.23 bits per heavy atom. The Morgan fingerprint density at radius 3 is 2.65 bits per heavy atom. The van der Waals surface area contributed by atoms with Crippen molar-refractivity contribution in [1.82, 2.24) is 4.98 Å². The van der Waals surface area contributed by atoms with E-state index in [2.05, 4.69) is 46.2 Å². The van der Waals surface area contributed by atoms with E-state index in [-0.39, 0.29) is 5.91 Å². The lowest BCUT2D eigenvalue weighted by atomic mass is 9.99. The molecule has 1 aromatic carbocycles. The van der Waals surface area contributed by atoms with E-state index in [0.717, 1.165) is 30.4 Å². The maximum Gasteiger partial charge on any atom is 0.257 e. The predicted octanol–water partition coefficient (Wildman–Crippen LogP) is 4.17. The average Bonchev–Trinajstić information content (AvgIpc) is 2.68. The number of benzene rings is 1. The van der Waals surface area contributed by atoms with Crippen LogP contribution in [0.5, 0.6) is 0 Å². The first-order valence-corrected chi connectivity index (χ1v) is 9.12. The molecule has 1 fully saturated rings. The molecule has 0 atom stereocenters. The maximum atomic E-state index is 12.5. The van der Waals surface area contributed by atoms with Crippen molar-refractivity contribution in [3.63, 3.8) is 0 Å². The highest BCUT2D eigenvalue weighted by Gasteiger charge is 2.16. The minimum atomic E-state index is -0.167. The molecule has 1 amide bonds. The molecule has 5 heteroatoms. The van der Waals surface area contributed by atoms with Gasteiger partial charge in [0.2, 0.25) is 0 Å². The highest BCUT2D eigenvalue weighted by molar-refractivity contribution is 6.04. The number of amides is 1. The number of carbonyl (C=O) groups excluding carboxylic acids is 1. The van der Waals surface area contributed by atoms with Crippen molar-refractivity contribution in [2.75, 3.05) is 35.2 Å². The van der Waals surface area contributed by atoms with Gasteiger partial charge in [-0.2, -0.15) is 0 Å². The van der Waals surface area contributed by atoms with Gasteiger partial charge >= 0.3 is 0 Å². The van der Waals surface area contributed by atoms with Gasteiger partial charge in [0.25, 0.3) is 5.91 Å². The van der Waals surface area contributed by atoms with E-state index in [1.165, 1.54) is 18.5 Å². The normalized spacial score (nSPS) is 14.7. The second kappa shape index (κ2) is 8.52. The molecule has 3 rings (SSSR count). The molecule has 0 spiro atoms. The smallest absolute Gasteiger partial charge is 0.257 e. The standard InChI is InChI=1S/C21H26N4O/c1-3-10-23-19-13-17(14-22-15-19)21(26)24-18-4-6-20(7-5-18)25-11-8-16(2)9-12-25/h3-7,13-16,23H,1,8-12H2,2H3,(H,24,26). The number of pyridine rings is 1. The van der Waals surface area contributed by atoms with Crippen LogP contribution in [0.1, 0.15) is 30.1 Å². The zero-order chi connectivity index (χ0) is 18.4. The number of nitrogens with zero attached hydrogens (tertiary/aromatic N) is 2. The molecular formula is C21H26N4O. The molecule has 2 aromatic rings. The van der Waals surface area contributed by atoms with Crippen LogP contribution in [-0.4, -0.2) is 30.5 Å². The summed E-state index contributed by atoms with van der Waals surface area (Å²) in [6.45, 7) is 8.81. The minimum Gasteiger partial charge on any atom is -0.380 e. The van der Waals surface area contributed by atoms with Crippen molar-refractivity contribution in [3.05, 3.63) is 60.9 Å². The van der Waals surface area contributed by atoms with Gasteiger partial charge in [-0.3, -0.25) is 9.78 Å². The Labute approximate surface area is 155 Å². The summed E-state index contributed by atoms with van der Waals surface area (Å²) in [7, 11) is 0. The molecule has 0 saturated carbocycles. The van der Waals surface area contributed by atoms with Crippen LogP contribution in [-0.2, 0) is 0 Å². The van der Waals surface area contributed by atoms with Gasteiger partial charge in [0.05, 0.1) is 11.3 Å². The summed E-state index contributed by atoms with van der Waals surface area (Å²) >= 11 is 0. The van der Waals surface area contributed by atoms with Crippen molar-refractivity contribution < 1.29 is 4.79 Å². The van der Waals surface area contributed by atoms with Crippen molar-refractivity contribution in [3.8, 4) is 0 Å². The molecule has 1 aliphatic rings. The molecule has 26 heavy (non-hydrogen) atoms. The molecule has 136 valence electrons. The third kappa shape index (κ3) is 4.63. The molecule has 0 radical (unpaired) electrons. The zero-order valence-corrected chi connectivity index (χ0v) is 15.2. The molecule has 1 aromatic heterocycles. The van der Waals surface area contributed by atoms with Crippen LogP contribution >= 0.6 is 0 Å². The first-order valence-electron chi connectivity index (χ1n) is 9.12. The lowest BCUT2D eigenvalue weighted by Crippen LogP contribution is -2.32. The number of carbonyl (C=O) groups is 1. The summed E-state index contributed by atoms with van der Waals surface area (Å²) in [6, 6.07) is 9.85. The summed E-state index contributed by atoms with van der Waals surface area (Å²) in [4.78, 5) is 19.0. The van der Waals surface area contributed by atoms with Crippen molar-refractivity contribution in [2.24, 2.45) is 5.92 Å². The number of nitrogens with one attached hydrogen (secondary N) is 2. The van der Waals surface area contributed by atoms with E-state index in [4.69, 9.17) is 0 Å². The number of anilines is 3. The summed E-state index contributed by atoms with van der Waals surface area (Å²) in [6.07, 6.45) is 7.49. The van der Waals surface area contributed by atoms with E-state index >= 15 is 0 Å². The molecule has 1 aliphatic heterocycles. The highest BCUT2D eigenvalue weighted by Crippen LogP contribution is 2.24. The third-order valence-electron chi connectivity index (χ3n) is 4.72. The first kappa shape index (κ1) is 18.0. The van der Waals surface area contributed by atoms with E-state index in [1.807, 2.05) is 12.1 Å². The van der Waals surface area contributed by atoms with Gasteiger partial charge in [-0.1, -0.05) is 13.0 Å². The van der Waals surface area contributed by atoms with Crippen molar-refractivity contribution in [1.29, 1.82) is 0 Å². The molecule has 2 heterocycles. The SMILES string of the molecule is C=CCNc1cncc(C(=O)Nc2ccc(N3CCC(C)CC3)cc2)c1. The Morgan fingerprint density at radius 2 is 1.96 bits per heavy atom. The molecule has 0 bridgehead atoms. The third-order valence-corrected chi connectivity index (χ3v) is 4.72. The van der Waals surface area contributed by atoms with Crippen LogP contribution < -0.4 is 15.5 Å². The first-order chi connectivity index (χ1) is 12.7. The fraction of sp³-hybridized carbons (Fsp3) is 0.333. The Kier molecular flexibility index (Phi) is 5.89. The summed E-state index contributed by atoms with van der Waals surface area (Å²) in [5.74, 6) is 0.648. The summed E-state index contributed by atoms with van der Waals surface area (Å²) in [5, 5.41) is 6.07. The largest absolute Gasteiger partial charge is 0.380 e. The molecule has 5 nitrogen and oxygen atoms in total. The second-order valence-corrected chi connectivity index (χ2v) is 6.80. The monoisotopic (exact) mass is 350 g/mol. The van der Waals surface area contributed by atoms with Crippen LogP contribution in [0.15, 0.2) is 55.4 Å². The van der Waals surface area contributed by atoms with Crippen LogP contribution in [0, 0.1) is 5.92 Å². The fourth-order valence-corrected chi connectivity index (χ4v) is 3.08. The van der Waals surface area contributed by atoms with Gasteiger partial charge in [0.1, 0.15) is 0 Å². The number of aromatic nitrogens is 1. The number of hydrogen-bond donors (Lipinski definition) is 2. The van der Waals surface area contributed by atoms with Crippen LogP contribution in [0.4, 0.5) is 17.1 Å². The Bertz CT molecular complexity index is 749. The second-order valence-electron chi connectivity index (χ2n) is 6.80. The van der Waals surface area contributed by atoms with E-state index in [0.29, 0.717) is 12.1 Å². The molecular weight excluding hydrogens is 324 g/mol. The van der Waals surface area contributed by atoms with Gasteiger partial charge in [-0.25, -0.2) is 0 Å². The number of piperidine rings is 1.